The Labute approximate surface area is 109 Å². The first-order valence-electron chi connectivity index (χ1n) is 6.51. The first-order chi connectivity index (χ1) is 8.56. The van der Waals surface area contributed by atoms with Crippen LogP contribution in [0.2, 0.25) is 0 Å². The van der Waals surface area contributed by atoms with Gasteiger partial charge in [0.25, 0.3) is 5.69 Å². The molecule has 0 saturated heterocycles. The lowest BCUT2D eigenvalue weighted by Crippen LogP contribution is -2.01. The number of nitrogens with zero attached hydrogens (tertiary/aromatic N) is 1. The van der Waals surface area contributed by atoms with E-state index in [2.05, 4.69) is 0 Å². The van der Waals surface area contributed by atoms with E-state index < -0.39 is 0 Å². The van der Waals surface area contributed by atoms with Crippen LogP contribution in [0.4, 0.5) is 5.69 Å². The average Bonchev–Trinajstić information content (AvgIpc) is 2.35. The Morgan fingerprint density at radius 1 is 1.22 bits per heavy atom. The molecular formula is C14H24N2O2. The standard InChI is InChI=1S/C12H18N2O2.C2H6/c1-9-7-11(5-3-4-6-13)10(2)12(8-9)14(15)16;1-2/h7-8H,3-6,13H2,1-2H3;1-2H3. The highest BCUT2D eigenvalue weighted by molar-refractivity contribution is 5.47. The van der Waals surface area contributed by atoms with Crippen LogP contribution in [0, 0.1) is 24.0 Å². The second-order valence-electron chi connectivity index (χ2n) is 4.07. The molecule has 0 aromatic heterocycles. The van der Waals surface area contributed by atoms with Crippen molar-refractivity contribution in [1.82, 2.24) is 0 Å². The van der Waals surface area contributed by atoms with Gasteiger partial charge in [0.05, 0.1) is 4.92 Å². The molecular weight excluding hydrogens is 228 g/mol. The quantitative estimate of drug-likeness (QED) is 0.495. The van der Waals surface area contributed by atoms with E-state index in [9.17, 15) is 10.1 Å². The molecule has 0 aliphatic carbocycles. The van der Waals surface area contributed by atoms with E-state index in [-0.39, 0.29) is 10.6 Å². The van der Waals surface area contributed by atoms with Crippen LogP contribution in [-0.4, -0.2) is 11.5 Å². The van der Waals surface area contributed by atoms with Gasteiger partial charge in [0.15, 0.2) is 0 Å². The van der Waals surface area contributed by atoms with Crippen LogP contribution in [0.3, 0.4) is 0 Å². The molecule has 2 N–H and O–H groups in total. The molecule has 0 atom stereocenters. The summed E-state index contributed by atoms with van der Waals surface area (Å²) in [5.74, 6) is 0. The molecule has 0 amide bonds. The molecule has 0 aliphatic heterocycles. The second kappa shape index (κ2) is 8.64. The monoisotopic (exact) mass is 252 g/mol. The first-order valence-corrected chi connectivity index (χ1v) is 6.51. The van der Waals surface area contributed by atoms with Crippen LogP contribution in [0.5, 0.6) is 0 Å². The van der Waals surface area contributed by atoms with E-state index in [1.54, 1.807) is 6.07 Å². The summed E-state index contributed by atoms with van der Waals surface area (Å²) in [4.78, 5) is 10.5. The van der Waals surface area contributed by atoms with Gasteiger partial charge in [0, 0.05) is 11.6 Å². The minimum absolute atomic E-state index is 0.225. The fourth-order valence-electron chi connectivity index (χ4n) is 1.82. The predicted molar refractivity (Wildman–Crippen MR) is 75.9 cm³/mol. The van der Waals surface area contributed by atoms with E-state index >= 15 is 0 Å². The zero-order valence-electron chi connectivity index (χ0n) is 11.8. The number of nitro groups is 1. The Morgan fingerprint density at radius 3 is 2.33 bits per heavy atom. The van der Waals surface area contributed by atoms with Crippen LogP contribution < -0.4 is 5.73 Å². The maximum absolute atomic E-state index is 10.8. The van der Waals surface area contributed by atoms with Crippen molar-refractivity contribution in [2.75, 3.05) is 6.54 Å². The highest BCUT2D eigenvalue weighted by Crippen LogP contribution is 2.24. The van der Waals surface area contributed by atoms with E-state index in [4.69, 9.17) is 5.73 Å². The largest absolute Gasteiger partial charge is 0.330 e. The molecule has 4 heteroatoms. The van der Waals surface area contributed by atoms with Gasteiger partial charge in [-0.3, -0.25) is 10.1 Å². The Balaban J connectivity index is 0.00000137. The van der Waals surface area contributed by atoms with Crippen molar-refractivity contribution in [2.24, 2.45) is 5.73 Å². The van der Waals surface area contributed by atoms with Gasteiger partial charge in [-0.15, -0.1) is 0 Å². The maximum Gasteiger partial charge on any atom is 0.272 e. The molecule has 4 nitrogen and oxygen atoms in total. The van der Waals surface area contributed by atoms with Crippen LogP contribution in [0.15, 0.2) is 12.1 Å². The summed E-state index contributed by atoms with van der Waals surface area (Å²) in [5, 5.41) is 10.8. The smallest absolute Gasteiger partial charge is 0.272 e. The fraction of sp³-hybridized carbons (Fsp3) is 0.571. The molecule has 0 unspecified atom stereocenters. The molecule has 0 aliphatic rings. The third-order valence-corrected chi connectivity index (χ3v) is 2.73. The van der Waals surface area contributed by atoms with Gasteiger partial charge in [-0.25, -0.2) is 0 Å². The number of rotatable bonds is 5. The molecule has 0 spiro atoms. The van der Waals surface area contributed by atoms with Gasteiger partial charge >= 0.3 is 0 Å². The minimum atomic E-state index is -0.311. The topological polar surface area (TPSA) is 69.2 Å². The number of nitro benzene ring substituents is 1. The molecule has 0 fully saturated rings. The van der Waals surface area contributed by atoms with Crippen molar-refractivity contribution < 1.29 is 4.92 Å². The summed E-state index contributed by atoms with van der Waals surface area (Å²) in [7, 11) is 0. The number of hydrogen-bond acceptors (Lipinski definition) is 3. The lowest BCUT2D eigenvalue weighted by Gasteiger charge is -2.07. The molecule has 1 aromatic carbocycles. The number of benzene rings is 1. The predicted octanol–water partition coefficient (Wildman–Crippen LogP) is 3.52. The third-order valence-electron chi connectivity index (χ3n) is 2.73. The van der Waals surface area contributed by atoms with E-state index in [0.29, 0.717) is 6.54 Å². The van der Waals surface area contributed by atoms with E-state index in [1.165, 1.54) is 0 Å². The van der Waals surface area contributed by atoms with Gasteiger partial charge in [0.1, 0.15) is 0 Å². The molecule has 1 aromatic rings. The van der Waals surface area contributed by atoms with E-state index in [1.807, 2.05) is 33.8 Å². The zero-order valence-corrected chi connectivity index (χ0v) is 11.8. The zero-order chi connectivity index (χ0) is 14.1. The van der Waals surface area contributed by atoms with Gasteiger partial charge in [-0.05, 0) is 50.8 Å². The van der Waals surface area contributed by atoms with Crippen molar-refractivity contribution in [3.05, 3.63) is 38.9 Å². The summed E-state index contributed by atoms with van der Waals surface area (Å²) >= 11 is 0. The van der Waals surface area contributed by atoms with Crippen molar-refractivity contribution in [1.29, 1.82) is 0 Å². The Morgan fingerprint density at radius 2 is 1.83 bits per heavy atom. The maximum atomic E-state index is 10.8. The molecule has 18 heavy (non-hydrogen) atoms. The number of unbranched alkanes of at least 4 members (excludes halogenated alkanes) is 1. The molecule has 0 bridgehead atoms. The van der Waals surface area contributed by atoms with Crippen LogP contribution in [0.25, 0.3) is 0 Å². The van der Waals surface area contributed by atoms with Gasteiger partial charge in [-0.1, -0.05) is 19.9 Å². The summed E-state index contributed by atoms with van der Waals surface area (Å²) < 4.78 is 0. The first kappa shape index (κ1) is 16.6. The lowest BCUT2D eigenvalue weighted by atomic mass is 9.99. The van der Waals surface area contributed by atoms with Crippen molar-refractivity contribution in [3.63, 3.8) is 0 Å². The highest BCUT2D eigenvalue weighted by Gasteiger charge is 2.14. The van der Waals surface area contributed by atoms with Gasteiger partial charge in [0.2, 0.25) is 0 Å². The summed E-state index contributed by atoms with van der Waals surface area (Å²) in [6.45, 7) is 8.38. The normalized spacial score (nSPS) is 9.61. The summed E-state index contributed by atoms with van der Waals surface area (Å²) in [5.41, 5.74) is 8.45. The van der Waals surface area contributed by atoms with Crippen molar-refractivity contribution >= 4 is 5.69 Å². The number of hydrogen-bond donors (Lipinski definition) is 1. The molecule has 0 saturated carbocycles. The Hall–Kier alpha value is -1.42. The fourth-order valence-corrected chi connectivity index (χ4v) is 1.82. The molecule has 102 valence electrons. The average molecular weight is 252 g/mol. The number of nitrogens with two attached hydrogens (primary N) is 1. The minimum Gasteiger partial charge on any atom is -0.330 e. The second-order valence-corrected chi connectivity index (χ2v) is 4.07. The Bertz CT molecular complexity index is 390. The van der Waals surface area contributed by atoms with Gasteiger partial charge in [-0.2, -0.15) is 0 Å². The lowest BCUT2D eigenvalue weighted by molar-refractivity contribution is -0.385. The van der Waals surface area contributed by atoms with Gasteiger partial charge < -0.3 is 5.73 Å². The summed E-state index contributed by atoms with van der Waals surface area (Å²) in [6, 6.07) is 3.65. The number of aryl methyl sites for hydroxylation is 2. The van der Waals surface area contributed by atoms with Crippen molar-refractivity contribution in [2.45, 2.75) is 47.0 Å². The Kier molecular flexibility index (Phi) is 7.96. The van der Waals surface area contributed by atoms with Crippen LogP contribution in [0.1, 0.15) is 43.4 Å². The van der Waals surface area contributed by atoms with Crippen LogP contribution in [-0.2, 0) is 6.42 Å². The van der Waals surface area contributed by atoms with Crippen LogP contribution >= 0.6 is 0 Å². The van der Waals surface area contributed by atoms with Crippen molar-refractivity contribution in [3.8, 4) is 0 Å². The SMILES string of the molecule is CC.Cc1cc(CCCCN)c(C)c([N+](=O)[O-])c1. The van der Waals surface area contributed by atoms with E-state index in [0.717, 1.165) is 36.0 Å². The third kappa shape index (κ3) is 4.84. The molecule has 1 rings (SSSR count). The highest BCUT2D eigenvalue weighted by atomic mass is 16.6. The summed E-state index contributed by atoms with van der Waals surface area (Å²) in [6.07, 6.45) is 2.81. The molecule has 0 radical (unpaired) electrons. The molecule has 0 heterocycles.